The average Bonchev–Trinajstić information content (AvgIpc) is 1.97. The lowest BCUT2D eigenvalue weighted by molar-refractivity contribution is 0.196. The van der Waals surface area contributed by atoms with Gasteiger partial charge in [0.05, 0.1) is 0 Å². The van der Waals surface area contributed by atoms with Crippen molar-refractivity contribution in [2.24, 2.45) is 0 Å². The second kappa shape index (κ2) is 8.52. The van der Waals surface area contributed by atoms with Crippen LogP contribution in [0.5, 0.6) is 0 Å². The molecule has 0 aliphatic heterocycles. The van der Waals surface area contributed by atoms with Crippen molar-refractivity contribution in [3.05, 3.63) is 6.92 Å². The minimum atomic E-state index is 0.819. The smallest absolute Gasteiger partial charge is 0.0471 e. The number of unbranched alkanes of at least 4 members (excludes halogenated alkanes) is 2. The molecule has 0 aliphatic rings. The number of methoxy groups -OCH3 is 1. The van der Waals surface area contributed by atoms with Gasteiger partial charge in [-0.15, -0.1) is 11.8 Å². The lowest BCUT2D eigenvalue weighted by Gasteiger charge is -1.90. The summed E-state index contributed by atoms with van der Waals surface area (Å²) in [6, 6.07) is 0. The van der Waals surface area contributed by atoms with Crippen LogP contribution < -0.4 is 0 Å². The minimum absolute atomic E-state index is 0.819. The van der Waals surface area contributed by atoms with E-state index in [0.29, 0.717) is 0 Å². The van der Waals surface area contributed by atoms with Crippen molar-refractivity contribution < 1.29 is 4.74 Å². The van der Waals surface area contributed by atoms with E-state index in [1.807, 2.05) is 0 Å². The van der Waals surface area contributed by atoms with Crippen LogP contribution in [0.4, 0.5) is 0 Å². The first-order valence-electron chi connectivity index (χ1n) is 3.65. The largest absolute Gasteiger partial charge is 0.385 e. The number of hydrogen-bond acceptors (Lipinski definition) is 1. The molecule has 0 aromatic heterocycles. The number of hydrogen-bond donors (Lipinski definition) is 0. The molecule has 10 heavy (non-hydrogen) atoms. The van der Waals surface area contributed by atoms with Gasteiger partial charge in [0.25, 0.3) is 0 Å². The minimum Gasteiger partial charge on any atom is -0.385 e. The Hall–Kier alpha value is -0.480. The molecule has 0 saturated carbocycles. The second-order valence-corrected chi connectivity index (χ2v) is 2.05. The van der Waals surface area contributed by atoms with Crippen LogP contribution in [0.3, 0.4) is 0 Å². The summed E-state index contributed by atoms with van der Waals surface area (Å²) in [6.45, 7) is 4.51. The van der Waals surface area contributed by atoms with Crippen LogP contribution in [0.1, 0.15) is 25.7 Å². The van der Waals surface area contributed by atoms with Crippen molar-refractivity contribution in [2.75, 3.05) is 13.7 Å². The zero-order valence-corrected chi connectivity index (χ0v) is 6.65. The lowest BCUT2D eigenvalue weighted by Crippen LogP contribution is -1.85. The van der Waals surface area contributed by atoms with E-state index in [1.165, 1.54) is 0 Å². The van der Waals surface area contributed by atoms with Crippen LogP contribution >= 0.6 is 0 Å². The van der Waals surface area contributed by atoms with E-state index in [2.05, 4.69) is 18.8 Å². The van der Waals surface area contributed by atoms with Crippen LogP contribution in [0, 0.1) is 18.8 Å². The quantitative estimate of drug-likeness (QED) is 0.428. The predicted octanol–water partition coefficient (Wildman–Crippen LogP) is 2.03. The fourth-order valence-electron chi connectivity index (χ4n) is 0.570. The van der Waals surface area contributed by atoms with E-state index in [4.69, 9.17) is 4.74 Å². The Morgan fingerprint density at radius 3 is 2.60 bits per heavy atom. The molecule has 57 valence electrons. The van der Waals surface area contributed by atoms with E-state index < -0.39 is 0 Å². The van der Waals surface area contributed by atoms with Crippen LogP contribution in [-0.2, 0) is 4.74 Å². The third kappa shape index (κ3) is 7.52. The normalized spacial score (nSPS) is 8.60. The highest BCUT2D eigenvalue weighted by Crippen LogP contribution is 1.87. The molecule has 0 aliphatic carbocycles. The fourth-order valence-corrected chi connectivity index (χ4v) is 0.570. The summed E-state index contributed by atoms with van der Waals surface area (Å²) in [5, 5.41) is 0. The molecule has 1 nitrogen and oxygen atoms in total. The highest BCUT2D eigenvalue weighted by Gasteiger charge is 1.79. The summed E-state index contributed by atoms with van der Waals surface area (Å²) in [7, 11) is 1.71. The number of rotatable bonds is 4. The zero-order chi connectivity index (χ0) is 7.66. The van der Waals surface area contributed by atoms with Gasteiger partial charge >= 0.3 is 0 Å². The van der Waals surface area contributed by atoms with Crippen molar-refractivity contribution >= 4 is 0 Å². The monoisotopic (exact) mass is 139 g/mol. The maximum atomic E-state index is 4.87. The van der Waals surface area contributed by atoms with Crippen molar-refractivity contribution in [2.45, 2.75) is 25.7 Å². The van der Waals surface area contributed by atoms with Gasteiger partial charge in [-0.05, 0) is 12.8 Å². The Bertz CT molecular complexity index is 108. The predicted molar refractivity (Wildman–Crippen MR) is 43.5 cm³/mol. The van der Waals surface area contributed by atoms with Gasteiger partial charge in [-0.3, -0.25) is 0 Å². The van der Waals surface area contributed by atoms with Gasteiger partial charge in [0.1, 0.15) is 0 Å². The molecule has 0 atom stereocenters. The molecular formula is C9H15O. The van der Waals surface area contributed by atoms with Crippen molar-refractivity contribution in [3.8, 4) is 11.8 Å². The summed E-state index contributed by atoms with van der Waals surface area (Å²) in [4.78, 5) is 0. The van der Waals surface area contributed by atoms with Gasteiger partial charge in [-0.25, -0.2) is 0 Å². The molecule has 1 heteroatoms. The first-order chi connectivity index (χ1) is 4.91. The van der Waals surface area contributed by atoms with Gasteiger partial charge in [0, 0.05) is 26.6 Å². The van der Waals surface area contributed by atoms with E-state index >= 15 is 0 Å². The van der Waals surface area contributed by atoms with Crippen LogP contribution in [0.15, 0.2) is 0 Å². The second-order valence-electron chi connectivity index (χ2n) is 2.05. The van der Waals surface area contributed by atoms with Gasteiger partial charge in [-0.2, -0.15) is 0 Å². The summed E-state index contributed by atoms with van der Waals surface area (Å²) < 4.78 is 4.87. The Balaban J connectivity index is 2.96. The van der Waals surface area contributed by atoms with Gasteiger partial charge in [0.2, 0.25) is 0 Å². The van der Waals surface area contributed by atoms with Gasteiger partial charge in [0.15, 0.2) is 0 Å². The third-order valence-corrected chi connectivity index (χ3v) is 1.08. The molecule has 0 aromatic carbocycles. The SMILES string of the molecule is [CH2]CCC#CCCCOC. The van der Waals surface area contributed by atoms with E-state index in [1.54, 1.807) is 7.11 Å². The fraction of sp³-hybridized carbons (Fsp3) is 0.667. The Kier molecular flexibility index (Phi) is 8.11. The molecule has 0 spiro atoms. The van der Waals surface area contributed by atoms with Gasteiger partial charge < -0.3 is 4.74 Å². The summed E-state index contributed by atoms with van der Waals surface area (Å²) in [5.74, 6) is 6.08. The highest BCUT2D eigenvalue weighted by molar-refractivity contribution is 4.98. The lowest BCUT2D eigenvalue weighted by atomic mass is 10.3. The Morgan fingerprint density at radius 1 is 1.30 bits per heavy atom. The first kappa shape index (κ1) is 9.52. The summed E-state index contributed by atoms with van der Waals surface area (Å²) in [6.07, 6.45) is 3.83. The summed E-state index contributed by atoms with van der Waals surface area (Å²) >= 11 is 0. The average molecular weight is 139 g/mol. The van der Waals surface area contributed by atoms with Crippen molar-refractivity contribution in [3.63, 3.8) is 0 Å². The molecule has 0 fully saturated rings. The molecule has 0 unspecified atom stereocenters. The molecule has 0 amide bonds. The first-order valence-corrected chi connectivity index (χ1v) is 3.65. The molecule has 0 N–H and O–H groups in total. The molecule has 0 bridgehead atoms. The van der Waals surface area contributed by atoms with E-state index in [0.717, 1.165) is 32.3 Å². The highest BCUT2D eigenvalue weighted by atomic mass is 16.5. The summed E-state index contributed by atoms with van der Waals surface area (Å²) in [5.41, 5.74) is 0. The van der Waals surface area contributed by atoms with Crippen LogP contribution in [-0.4, -0.2) is 13.7 Å². The maximum Gasteiger partial charge on any atom is 0.0471 e. The Morgan fingerprint density at radius 2 is 2.00 bits per heavy atom. The van der Waals surface area contributed by atoms with Crippen LogP contribution in [0.2, 0.25) is 0 Å². The molecule has 0 saturated heterocycles. The molecular weight excluding hydrogens is 124 g/mol. The number of ether oxygens (including phenoxy) is 1. The molecule has 0 heterocycles. The molecule has 1 radical (unpaired) electrons. The molecule has 0 aromatic rings. The van der Waals surface area contributed by atoms with Gasteiger partial charge in [-0.1, -0.05) is 6.92 Å². The standard InChI is InChI=1S/C9H15O/c1-3-4-5-6-7-8-9-10-2/h1,3-4,7-9H2,2H3. The third-order valence-electron chi connectivity index (χ3n) is 1.08. The van der Waals surface area contributed by atoms with Crippen molar-refractivity contribution in [1.82, 2.24) is 0 Å². The van der Waals surface area contributed by atoms with Crippen molar-refractivity contribution in [1.29, 1.82) is 0 Å². The van der Waals surface area contributed by atoms with E-state index in [9.17, 15) is 0 Å². The van der Waals surface area contributed by atoms with Crippen LogP contribution in [0.25, 0.3) is 0 Å². The Labute approximate surface area is 63.8 Å². The molecule has 0 rings (SSSR count). The maximum absolute atomic E-state index is 4.87. The van der Waals surface area contributed by atoms with E-state index in [-0.39, 0.29) is 0 Å². The zero-order valence-electron chi connectivity index (χ0n) is 6.65. The topological polar surface area (TPSA) is 9.23 Å².